The minimum atomic E-state index is -4.54. The van der Waals surface area contributed by atoms with E-state index in [9.17, 15) is 22.2 Å². The van der Waals surface area contributed by atoms with E-state index in [1.165, 1.54) is 30.5 Å². The van der Waals surface area contributed by atoms with Gasteiger partial charge >= 0.3 is 6.18 Å². The van der Waals surface area contributed by atoms with Crippen LogP contribution in [0.5, 0.6) is 0 Å². The molecule has 0 saturated heterocycles. The number of rotatable bonds is 3. The molecule has 2 aromatic carbocycles. The number of amides is 1. The smallest absolute Gasteiger partial charge is 0.322 e. The van der Waals surface area contributed by atoms with Crippen molar-refractivity contribution in [2.75, 3.05) is 11.6 Å². The van der Waals surface area contributed by atoms with E-state index in [1.807, 2.05) is 6.07 Å². The fourth-order valence-electron chi connectivity index (χ4n) is 1.99. The SMILES string of the molecule is C[S@@](=O)c1ccc(NC(=O)c2cccc(C(F)(F)F)c2)cc1C#N. The molecular formula is C16H11F3N2O2S. The van der Waals surface area contributed by atoms with Crippen LogP contribution in [0.2, 0.25) is 0 Å². The summed E-state index contributed by atoms with van der Waals surface area (Å²) in [4.78, 5) is 12.4. The summed E-state index contributed by atoms with van der Waals surface area (Å²) < 4.78 is 49.5. The number of hydrogen-bond acceptors (Lipinski definition) is 3. The summed E-state index contributed by atoms with van der Waals surface area (Å²) in [6.45, 7) is 0. The number of benzene rings is 2. The summed E-state index contributed by atoms with van der Waals surface area (Å²) in [5.41, 5.74) is -0.739. The Morgan fingerprint density at radius 1 is 1.21 bits per heavy atom. The number of anilines is 1. The van der Waals surface area contributed by atoms with E-state index in [0.29, 0.717) is 4.90 Å². The van der Waals surface area contributed by atoms with Crippen LogP contribution in [0.25, 0.3) is 0 Å². The fourth-order valence-corrected chi connectivity index (χ4v) is 2.66. The summed E-state index contributed by atoms with van der Waals surface area (Å²) in [6.07, 6.45) is -3.13. The maximum Gasteiger partial charge on any atom is 0.416 e. The number of carbonyl (C=O) groups excluding carboxylic acids is 1. The van der Waals surface area contributed by atoms with Crippen LogP contribution in [-0.4, -0.2) is 16.4 Å². The van der Waals surface area contributed by atoms with Gasteiger partial charge in [-0.25, -0.2) is 0 Å². The average Bonchev–Trinajstić information content (AvgIpc) is 2.53. The van der Waals surface area contributed by atoms with E-state index in [4.69, 9.17) is 5.26 Å². The highest BCUT2D eigenvalue weighted by Crippen LogP contribution is 2.29. The summed E-state index contributed by atoms with van der Waals surface area (Å²) in [5, 5.41) is 11.5. The lowest BCUT2D eigenvalue weighted by Crippen LogP contribution is -2.14. The van der Waals surface area contributed by atoms with Gasteiger partial charge in [-0.05, 0) is 36.4 Å². The van der Waals surface area contributed by atoms with Gasteiger partial charge < -0.3 is 5.32 Å². The first-order chi connectivity index (χ1) is 11.2. The zero-order valence-corrected chi connectivity index (χ0v) is 13.2. The Morgan fingerprint density at radius 3 is 2.50 bits per heavy atom. The van der Waals surface area contributed by atoms with Crippen molar-refractivity contribution in [3.8, 4) is 6.07 Å². The quantitative estimate of drug-likeness (QED) is 0.918. The lowest BCUT2D eigenvalue weighted by molar-refractivity contribution is -0.137. The van der Waals surface area contributed by atoms with Crippen molar-refractivity contribution in [1.29, 1.82) is 5.26 Å². The molecule has 4 nitrogen and oxygen atoms in total. The van der Waals surface area contributed by atoms with Crippen LogP contribution in [0.15, 0.2) is 47.4 Å². The largest absolute Gasteiger partial charge is 0.416 e. The van der Waals surface area contributed by atoms with Gasteiger partial charge in [-0.1, -0.05) is 6.07 Å². The number of nitrogens with zero attached hydrogens (tertiary/aromatic N) is 1. The lowest BCUT2D eigenvalue weighted by atomic mass is 10.1. The number of hydrogen-bond donors (Lipinski definition) is 1. The van der Waals surface area contributed by atoms with E-state index < -0.39 is 28.4 Å². The van der Waals surface area contributed by atoms with E-state index in [0.717, 1.165) is 18.2 Å². The monoisotopic (exact) mass is 352 g/mol. The van der Waals surface area contributed by atoms with Crippen LogP contribution in [0.3, 0.4) is 0 Å². The highest BCUT2D eigenvalue weighted by atomic mass is 32.2. The van der Waals surface area contributed by atoms with Crippen molar-refractivity contribution in [3.63, 3.8) is 0 Å². The third kappa shape index (κ3) is 4.00. The van der Waals surface area contributed by atoms with Crippen LogP contribution in [0, 0.1) is 11.3 Å². The van der Waals surface area contributed by atoms with Crippen molar-refractivity contribution in [3.05, 3.63) is 59.2 Å². The highest BCUT2D eigenvalue weighted by Gasteiger charge is 2.30. The van der Waals surface area contributed by atoms with Crippen molar-refractivity contribution in [1.82, 2.24) is 0 Å². The third-order valence-electron chi connectivity index (χ3n) is 3.12. The average molecular weight is 352 g/mol. The number of alkyl halides is 3. The molecule has 1 amide bonds. The minimum Gasteiger partial charge on any atom is -0.322 e. The molecule has 0 bridgehead atoms. The normalized spacial score (nSPS) is 12.3. The number of nitrogens with one attached hydrogen (secondary N) is 1. The summed E-state index contributed by atoms with van der Waals surface area (Å²) in [7, 11) is -1.37. The number of carbonyl (C=O) groups is 1. The molecule has 0 spiro atoms. The predicted molar refractivity (Wildman–Crippen MR) is 82.9 cm³/mol. The number of halogens is 3. The first kappa shape index (κ1) is 17.7. The van der Waals surface area contributed by atoms with Gasteiger partial charge in [0, 0.05) is 17.5 Å². The lowest BCUT2D eigenvalue weighted by Gasteiger charge is -2.10. The van der Waals surface area contributed by atoms with E-state index >= 15 is 0 Å². The van der Waals surface area contributed by atoms with Gasteiger partial charge in [0.15, 0.2) is 0 Å². The second-order valence-corrected chi connectivity index (χ2v) is 6.16. The Kier molecular flexibility index (Phi) is 5.04. The first-order valence-electron chi connectivity index (χ1n) is 6.58. The highest BCUT2D eigenvalue weighted by molar-refractivity contribution is 7.84. The zero-order chi connectivity index (χ0) is 17.9. The van der Waals surface area contributed by atoms with Crippen LogP contribution in [0.1, 0.15) is 21.5 Å². The molecule has 0 aliphatic rings. The molecule has 0 unspecified atom stereocenters. The maximum atomic E-state index is 12.7. The number of nitriles is 1. The van der Waals surface area contributed by atoms with E-state index in [2.05, 4.69) is 5.32 Å². The Bertz CT molecular complexity index is 857. The molecule has 2 rings (SSSR count). The molecule has 0 aliphatic heterocycles. The molecule has 0 aromatic heterocycles. The van der Waals surface area contributed by atoms with E-state index in [1.54, 1.807) is 0 Å². The Labute approximate surface area is 138 Å². The van der Waals surface area contributed by atoms with Crippen molar-refractivity contribution in [2.45, 2.75) is 11.1 Å². The van der Waals surface area contributed by atoms with Gasteiger partial charge in [0.05, 0.1) is 26.8 Å². The van der Waals surface area contributed by atoms with Crippen LogP contribution < -0.4 is 5.32 Å². The molecule has 124 valence electrons. The maximum absolute atomic E-state index is 12.7. The Morgan fingerprint density at radius 2 is 1.92 bits per heavy atom. The Balaban J connectivity index is 2.28. The zero-order valence-electron chi connectivity index (χ0n) is 12.3. The molecule has 1 atom stereocenters. The van der Waals surface area contributed by atoms with Crippen molar-refractivity contribution >= 4 is 22.4 Å². The summed E-state index contributed by atoms with van der Waals surface area (Å²) in [5.74, 6) is -0.740. The van der Waals surface area contributed by atoms with Gasteiger partial charge in [0.25, 0.3) is 5.91 Å². The fraction of sp³-hybridized carbons (Fsp3) is 0.125. The third-order valence-corrected chi connectivity index (χ3v) is 4.10. The molecule has 0 saturated carbocycles. The molecule has 0 radical (unpaired) electrons. The van der Waals surface area contributed by atoms with Gasteiger partial charge in [-0.2, -0.15) is 18.4 Å². The van der Waals surface area contributed by atoms with Crippen molar-refractivity contribution < 1.29 is 22.2 Å². The van der Waals surface area contributed by atoms with Crippen LogP contribution in [0.4, 0.5) is 18.9 Å². The van der Waals surface area contributed by atoms with Crippen molar-refractivity contribution in [2.24, 2.45) is 0 Å². The van der Waals surface area contributed by atoms with Crippen LogP contribution in [-0.2, 0) is 17.0 Å². The first-order valence-corrected chi connectivity index (χ1v) is 8.14. The molecule has 0 heterocycles. The molecule has 0 fully saturated rings. The standard InChI is InChI=1S/C16H11F3N2O2S/c1-24(23)14-6-5-13(8-11(14)9-20)21-15(22)10-3-2-4-12(7-10)16(17,18)19/h2-8H,1H3,(H,21,22)/t24-/m1/s1. The molecule has 1 N–H and O–H groups in total. The summed E-state index contributed by atoms with van der Waals surface area (Å²) >= 11 is 0. The van der Waals surface area contributed by atoms with E-state index in [-0.39, 0.29) is 16.8 Å². The van der Waals surface area contributed by atoms with Gasteiger partial charge in [0.1, 0.15) is 6.07 Å². The molecular weight excluding hydrogens is 341 g/mol. The molecule has 8 heteroatoms. The van der Waals surface area contributed by atoms with Gasteiger partial charge in [-0.3, -0.25) is 9.00 Å². The topological polar surface area (TPSA) is 70.0 Å². The second-order valence-electron chi connectivity index (χ2n) is 4.81. The molecule has 2 aromatic rings. The van der Waals surface area contributed by atoms with Gasteiger partial charge in [-0.15, -0.1) is 0 Å². The summed E-state index contributed by atoms with van der Waals surface area (Å²) in [6, 6.07) is 10.1. The van der Waals surface area contributed by atoms with Gasteiger partial charge in [0.2, 0.25) is 0 Å². The Hall–Kier alpha value is -2.66. The second kappa shape index (κ2) is 6.84. The molecule has 0 aliphatic carbocycles. The molecule has 24 heavy (non-hydrogen) atoms. The van der Waals surface area contributed by atoms with Crippen LogP contribution >= 0.6 is 0 Å². The minimum absolute atomic E-state index is 0.123. The predicted octanol–water partition coefficient (Wildman–Crippen LogP) is 3.57.